The molecule has 2 aliphatic heterocycles. The Morgan fingerprint density at radius 3 is 1.63 bits per heavy atom. The van der Waals surface area contributed by atoms with Crippen molar-refractivity contribution >= 4 is 40.1 Å². The van der Waals surface area contributed by atoms with E-state index in [4.69, 9.17) is 0 Å². The van der Waals surface area contributed by atoms with E-state index in [-0.39, 0.29) is 39.6 Å². The van der Waals surface area contributed by atoms with E-state index >= 15 is 0 Å². The summed E-state index contributed by atoms with van der Waals surface area (Å²) in [5.41, 5.74) is 4.31. The highest BCUT2D eigenvalue weighted by Crippen LogP contribution is 2.47. The molecule has 8 nitrogen and oxygen atoms in total. The molecule has 2 aliphatic rings. The Balaban J connectivity index is 1.60. The number of carbonyl (C=O) groups is 4. The van der Waals surface area contributed by atoms with Gasteiger partial charge >= 0.3 is 0 Å². The van der Waals surface area contributed by atoms with Crippen LogP contribution in [-0.4, -0.2) is 58.0 Å². The number of carbonyl (C=O) groups excluding carboxylic acids is 4. The maximum Gasteiger partial charge on any atom is 0.266 e. The highest BCUT2D eigenvalue weighted by Gasteiger charge is 2.44. The van der Waals surface area contributed by atoms with Gasteiger partial charge < -0.3 is 10.2 Å². The van der Waals surface area contributed by atoms with Crippen molar-refractivity contribution < 1.29 is 29.4 Å². The lowest BCUT2D eigenvalue weighted by Crippen LogP contribution is -2.49. The van der Waals surface area contributed by atoms with Gasteiger partial charge in [-0.15, -0.1) is 0 Å². The summed E-state index contributed by atoms with van der Waals surface area (Å²) in [4.78, 5) is 59.9. The number of aliphatic hydroxyl groups is 2. The van der Waals surface area contributed by atoms with Crippen LogP contribution in [0, 0.1) is 0 Å². The van der Waals surface area contributed by atoms with E-state index < -0.39 is 36.3 Å². The minimum Gasteiger partial charge on any atom is -0.396 e. The number of anilines is 1. The predicted octanol–water partition coefficient (Wildman–Crippen LogP) is 5.88. The highest BCUT2D eigenvalue weighted by atomic mass is 16.3. The van der Waals surface area contributed by atoms with Gasteiger partial charge in [0, 0.05) is 28.5 Å². The smallest absolute Gasteiger partial charge is 0.266 e. The maximum atomic E-state index is 14.6. The van der Waals surface area contributed by atoms with E-state index in [2.05, 4.69) is 0 Å². The van der Waals surface area contributed by atoms with Crippen LogP contribution >= 0.6 is 0 Å². The van der Waals surface area contributed by atoms with E-state index in [1.54, 1.807) is 43.3 Å². The first-order chi connectivity index (χ1) is 22.4. The normalized spacial score (nSPS) is 14.8. The lowest BCUT2D eigenvalue weighted by atomic mass is 9.78. The molecule has 46 heavy (non-hydrogen) atoms. The first kappa shape index (κ1) is 29.3. The Bertz CT molecular complexity index is 2050. The van der Waals surface area contributed by atoms with E-state index in [0.717, 1.165) is 15.4 Å². The number of aliphatic hydroxyl groups excluding tert-OH is 2. The van der Waals surface area contributed by atoms with E-state index in [9.17, 15) is 29.4 Å². The van der Waals surface area contributed by atoms with Crippen molar-refractivity contribution in [2.75, 3.05) is 18.1 Å². The van der Waals surface area contributed by atoms with Crippen molar-refractivity contribution in [2.45, 2.75) is 25.8 Å². The summed E-state index contributed by atoms with van der Waals surface area (Å²) in [5, 5.41) is 20.1. The molecule has 5 aromatic rings. The van der Waals surface area contributed by atoms with Crippen molar-refractivity contribution in [1.82, 2.24) is 4.90 Å². The van der Waals surface area contributed by atoms with Gasteiger partial charge in [-0.05, 0) is 64.9 Å². The molecule has 0 aliphatic carbocycles. The SMILES string of the molecule is CCC(CO)N1C(=O)c2cc(-c3ccccc3)c3c4c(cc(-c5ccccc5)c(c24)C1=O)C(=O)N(c1ccc(CCO)cc1)C3=O. The van der Waals surface area contributed by atoms with Crippen molar-refractivity contribution in [3.05, 3.63) is 125 Å². The first-order valence-corrected chi connectivity index (χ1v) is 15.2. The summed E-state index contributed by atoms with van der Waals surface area (Å²) >= 11 is 0. The summed E-state index contributed by atoms with van der Waals surface area (Å²) in [7, 11) is 0. The fourth-order valence-corrected chi connectivity index (χ4v) is 6.67. The first-order valence-electron chi connectivity index (χ1n) is 15.2. The van der Waals surface area contributed by atoms with Crippen LogP contribution in [0.3, 0.4) is 0 Å². The van der Waals surface area contributed by atoms with E-state index in [1.807, 2.05) is 60.7 Å². The van der Waals surface area contributed by atoms with Gasteiger partial charge in [0.05, 0.1) is 29.5 Å². The van der Waals surface area contributed by atoms with Crippen LogP contribution < -0.4 is 4.90 Å². The van der Waals surface area contributed by atoms with Crippen molar-refractivity contribution in [1.29, 1.82) is 0 Å². The Morgan fingerprint density at radius 2 is 1.13 bits per heavy atom. The molecule has 4 amide bonds. The molecule has 8 heteroatoms. The zero-order valence-electron chi connectivity index (χ0n) is 25.1. The van der Waals surface area contributed by atoms with Crippen LogP contribution in [-0.2, 0) is 6.42 Å². The third-order valence-electron chi connectivity index (χ3n) is 8.95. The number of benzene rings is 5. The van der Waals surface area contributed by atoms with Crippen LogP contribution in [0.1, 0.15) is 60.3 Å². The van der Waals surface area contributed by atoms with Crippen LogP contribution in [0.4, 0.5) is 5.69 Å². The monoisotopic (exact) mass is 610 g/mol. The van der Waals surface area contributed by atoms with Gasteiger partial charge in [0.15, 0.2) is 0 Å². The zero-order chi connectivity index (χ0) is 32.1. The van der Waals surface area contributed by atoms with Gasteiger partial charge in [0.25, 0.3) is 23.6 Å². The van der Waals surface area contributed by atoms with Crippen LogP contribution in [0.25, 0.3) is 33.0 Å². The molecule has 7 rings (SSSR count). The number of rotatable bonds is 8. The summed E-state index contributed by atoms with van der Waals surface area (Å²) < 4.78 is 0. The Morgan fingerprint density at radius 1 is 0.609 bits per heavy atom. The highest BCUT2D eigenvalue weighted by molar-refractivity contribution is 6.41. The molecule has 0 saturated carbocycles. The van der Waals surface area contributed by atoms with E-state index in [0.29, 0.717) is 40.8 Å². The minimum atomic E-state index is -0.758. The second-order valence-electron chi connectivity index (χ2n) is 11.5. The van der Waals surface area contributed by atoms with E-state index in [1.165, 1.54) is 0 Å². The van der Waals surface area contributed by atoms with Gasteiger partial charge in [0.1, 0.15) is 0 Å². The summed E-state index contributed by atoms with van der Waals surface area (Å²) in [5.74, 6) is -2.30. The van der Waals surface area contributed by atoms with Crippen molar-refractivity contribution in [3.8, 4) is 22.3 Å². The molecule has 0 aromatic heterocycles. The molecular weight excluding hydrogens is 580 g/mol. The number of amides is 4. The average molecular weight is 611 g/mol. The molecule has 2 N–H and O–H groups in total. The van der Waals surface area contributed by atoms with Gasteiger partial charge in [0.2, 0.25) is 0 Å². The van der Waals surface area contributed by atoms with Gasteiger partial charge in [-0.2, -0.15) is 0 Å². The molecule has 1 unspecified atom stereocenters. The summed E-state index contributed by atoms with van der Waals surface area (Å²) in [6, 6.07) is 27.8. The maximum absolute atomic E-state index is 14.6. The molecule has 0 fully saturated rings. The van der Waals surface area contributed by atoms with Crippen molar-refractivity contribution in [3.63, 3.8) is 0 Å². The standard InChI is InChI=1S/C38H30N2O6/c1-2-25(21-42)39-35(43)29-19-28(24-11-7-4-8-12-24)34-32-30(20-27(23-9-5-3-6-10-23)33(31(29)32)37(39)45)36(44)40(38(34)46)26-15-13-22(14-16-26)17-18-41/h3-16,19-20,25,41-42H,2,17-18,21H2,1H3. The molecule has 5 aromatic carbocycles. The molecule has 228 valence electrons. The third kappa shape index (κ3) is 4.37. The fourth-order valence-electron chi connectivity index (χ4n) is 6.67. The Hall–Kier alpha value is -5.44. The topological polar surface area (TPSA) is 115 Å². The number of imide groups is 2. The molecule has 0 radical (unpaired) electrons. The Kier molecular flexibility index (Phi) is 7.31. The Labute approximate surface area is 265 Å². The van der Waals surface area contributed by atoms with Crippen LogP contribution in [0.15, 0.2) is 97.1 Å². The molecule has 2 heterocycles. The molecule has 0 spiro atoms. The van der Waals surface area contributed by atoms with Gasteiger partial charge in [-0.3, -0.25) is 24.1 Å². The number of hydrogen-bond acceptors (Lipinski definition) is 6. The summed E-state index contributed by atoms with van der Waals surface area (Å²) in [6.07, 6.45) is 0.778. The second kappa shape index (κ2) is 11.5. The lowest BCUT2D eigenvalue weighted by molar-refractivity contribution is 0.0465. The van der Waals surface area contributed by atoms with Gasteiger partial charge in [-0.25, -0.2) is 4.90 Å². The molecule has 0 saturated heterocycles. The number of hydrogen-bond donors (Lipinski definition) is 2. The zero-order valence-corrected chi connectivity index (χ0v) is 25.1. The van der Waals surface area contributed by atoms with Gasteiger partial charge in [-0.1, -0.05) is 79.7 Å². The molecule has 1 atom stereocenters. The number of nitrogens with zero attached hydrogens (tertiary/aromatic N) is 2. The third-order valence-corrected chi connectivity index (χ3v) is 8.95. The lowest BCUT2D eigenvalue weighted by Gasteiger charge is -2.36. The second-order valence-corrected chi connectivity index (χ2v) is 11.5. The average Bonchev–Trinajstić information content (AvgIpc) is 3.09. The van der Waals surface area contributed by atoms with Crippen LogP contribution in [0.2, 0.25) is 0 Å². The van der Waals surface area contributed by atoms with Crippen molar-refractivity contribution in [2.24, 2.45) is 0 Å². The molecule has 0 bridgehead atoms. The summed E-state index contributed by atoms with van der Waals surface area (Å²) in [6.45, 7) is 1.36. The quantitative estimate of drug-likeness (QED) is 0.212. The predicted molar refractivity (Wildman–Crippen MR) is 175 cm³/mol. The largest absolute Gasteiger partial charge is 0.396 e. The minimum absolute atomic E-state index is 0.0319. The fraction of sp³-hybridized carbons (Fsp3) is 0.158. The molecular formula is C38H30N2O6. The van der Waals surface area contributed by atoms with Crippen LogP contribution in [0.5, 0.6) is 0 Å².